The fourth-order valence-electron chi connectivity index (χ4n) is 4.77. The Morgan fingerprint density at radius 3 is 2.57 bits per heavy atom. The van der Waals surface area contributed by atoms with Gasteiger partial charge >= 0.3 is 0 Å². The molecule has 1 fully saturated rings. The van der Waals surface area contributed by atoms with Crippen LogP contribution in [0.3, 0.4) is 0 Å². The van der Waals surface area contributed by atoms with E-state index in [1.807, 2.05) is 20.2 Å². The number of hydrogen-bond acceptors (Lipinski definition) is 4. The Labute approximate surface area is 169 Å². The molecular weight excluding hydrogens is 374 g/mol. The summed E-state index contributed by atoms with van der Waals surface area (Å²) in [5, 5.41) is 3.03. The summed E-state index contributed by atoms with van der Waals surface area (Å²) >= 11 is 0. The predicted molar refractivity (Wildman–Crippen MR) is 112 cm³/mol. The van der Waals surface area contributed by atoms with Crippen molar-refractivity contribution in [1.29, 1.82) is 0 Å². The van der Waals surface area contributed by atoms with Gasteiger partial charge in [0.05, 0.1) is 5.75 Å². The molecule has 0 radical (unpaired) electrons. The van der Waals surface area contributed by atoms with Gasteiger partial charge in [-0.25, -0.2) is 12.7 Å². The van der Waals surface area contributed by atoms with Crippen LogP contribution in [0, 0.1) is 0 Å². The lowest BCUT2D eigenvalue weighted by atomic mass is 9.73. The summed E-state index contributed by atoms with van der Waals surface area (Å²) in [6.07, 6.45) is 3.11. The average Bonchev–Trinajstić information content (AvgIpc) is 2.95. The minimum absolute atomic E-state index is 0.00490. The number of rotatable bonds is 7. The van der Waals surface area contributed by atoms with Crippen molar-refractivity contribution in [2.75, 3.05) is 46.0 Å². The molecule has 1 heterocycles. The molecule has 1 amide bonds. The molecule has 1 aliphatic carbocycles. The normalized spacial score (nSPS) is 21.8. The summed E-state index contributed by atoms with van der Waals surface area (Å²) in [5.41, 5.74) is 2.61. The number of nitrogens with one attached hydrogen (secondary N) is 1. The molecule has 0 aromatic heterocycles. The van der Waals surface area contributed by atoms with Gasteiger partial charge in [-0.3, -0.25) is 4.79 Å². The van der Waals surface area contributed by atoms with E-state index in [-0.39, 0.29) is 23.0 Å². The van der Waals surface area contributed by atoms with E-state index in [4.69, 9.17) is 0 Å². The number of amides is 1. The highest BCUT2D eigenvalue weighted by molar-refractivity contribution is 7.89. The first kappa shape index (κ1) is 21.3. The number of piperidine rings is 1. The summed E-state index contributed by atoms with van der Waals surface area (Å²) < 4.78 is 26.1. The van der Waals surface area contributed by atoms with Gasteiger partial charge in [-0.2, -0.15) is 0 Å². The highest BCUT2D eigenvalue weighted by Crippen LogP contribution is 2.52. The van der Waals surface area contributed by atoms with Gasteiger partial charge in [-0.1, -0.05) is 24.3 Å². The Morgan fingerprint density at radius 2 is 1.93 bits per heavy atom. The molecule has 1 spiro atoms. The minimum Gasteiger partial charge on any atom is -0.355 e. The summed E-state index contributed by atoms with van der Waals surface area (Å²) in [6, 6.07) is 8.45. The van der Waals surface area contributed by atoms with Crippen LogP contribution in [0.2, 0.25) is 0 Å². The second-order valence-corrected chi connectivity index (χ2v) is 10.7. The van der Waals surface area contributed by atoms with Gasteiger partial charge in [0.2, 0.25) is 15.9 Å². The van der Waals surface area contributed by atoms with Crippen LogP contribution in [0.4, 0.5) is 0 Å². The number of carbonyl (C=O) groups excluding carboxylic acids is 1. The second-order valence-electron chi connectivity index (χ2n) is 8.43. The number of sulfonamides is 1. The number of fused-ring (bicyclic) bond motifs is 2. The molecule has 3 rings (SSSR count). The lowest BCUT2D eigenvalue weighted by molar-refractivity contribution is -0.121. The van der Waals surface area contributed by atoms with Crippen LogP contribution in [0.25, 0.3) is 0 Å². The van der Waals surface area contributed by atoms with Crippen LogP contribution >= 0.6 is 0 Å². The van der Waals surface area contributed by atoms with Crippen molar-refractivity contribution in [3.05, 3.63) is 35.4 Å². The Hall–Kier alpha value is -1.44. The third kappa shape index (κ3) is 4.42. The molecule has 1 aromatic carbocycles. The van der Waals surface area contributed by atoms with E-state index in [1.165, 1.54) is 11.1 Å². The van der Waals surface area contributed by atoms with Crippen LogP contribution in [0.1, 0.15) is 49.7 Å². The zero-order valence-corrected chi connectivity index (χ0v) is 18.1. The fraction of sp³-hybridized carbons (Fsp3) is 0.667. The van der Waals surface area contributed by atoms with Crippen molar-refractivity contribution in [2.45, 2.75) is 43.9 Å². The topological polar surface area (TPSA) is 69.7 Å². The third-order valence-electron chi connectivity index (χ3n) is 6.36. The molecule has 1 aromatic rings. The molecule has 1 N–H and O–H groups in total. The van der Waals surface area contributed by atoms with E-state index in [1.54, 1.807) is 11.2 Å². The largest absolute Gasteiger partial charge is 0.355 e. The predicted octanol–water partition coefficient (Wildman–Crippen LogP) is 1.93. The van der Waals surface area contributed by atoms with E-state index >= 15 is 0 Å². The summed E-state index contributed by atoms with van der Waals surface area (Å²) in [6.45, 7) is 4.35. The monoisotopic (exact) mass is 407 g/mol. The van der Waals surface area contributed by atoms with Crippen LogP contribution in [0.15, 0.2) is 24.3 Å². The lowest BCUT2D eigenvalue weighted by Crippen LogP contribution is -2.44. The first-order valence-corrected chi connectivity index (χ1v) is 11.9. The number of hydrogen-bond donors (Lipinski definition) is 1. The van der Waals surface area contributed by atoms with Crippen molar-refractivity contribution in [2.24, 2.45) is 0 Å². The van der Waals surface area contributed by atoms with Gasteiger partial charge in [0.1, 0.15) is 0 Å². The first-order valence-electron chi connectivity index (χ1n) is 10.3. The van der Waals surface area contributed by atoms with Gasteiger partial charge < -0.3 is 10.2 Å². The highest BCUT2D eigenvalue weighted by atomic mass is 32.2. The molecule has 1 saturated heterocycles. The first-order chi connectivity index (χ1) is 13.3. The number of benzene rings is 1. The summed E-state index contributed by atoms with van der Waals surface area (Å²) in [5.74, 6) is 0.473. The zero-order chi connectivity index (χ0) is 20.4. The quantitative estimate of drug-likeness (QED) is 0.750. The third-order valence-corrected chi connectivity index (χ3v) is 8.24. The van der Waals surface area contributed by atoms with Crippen molar-refractivity contribution in [3.63, 3.8) is 0 Å². The van der Waals surface area contributed by atoms with Crippen LogP contribution < -0.4 is 5.32 Å². The molecule has 1 atom stereocenters. The van der Waals surface area contributed by atoms with Crippen molar-refractivity contribution >= 4 is 15.9 Å². The molecule has 7 heteroatoms. The standard InChI is InChI=1S/C21H33N3O3S/c1-4-28(26,27)24-12-9-21(10-13-24)16-17(18-7-5-6-8-19(18)21)15-20(25)22-11-14-23(2)3/h5-8,17H,4,9-16H2,1-3H3,(H,22,25)/t17-/m0/s1. The SMILES string of the molecule is CCS(=O)(=O)N1CCC2(CC1)C[C@H](CC(=O)NCCN(C)C)c1ccccc12. The van der Waals surface area contributed by atoms with Crippen LogP contribution in [-0.4, -0.2) is 69.6 Å². The second kappa shape index (κ2) is 8.51. The molecule has 0 saturated carbocycles. The number of nitrogens with zero attached hydrogens (tertiary/aromatic N) is 2. The van der Waals surface area contributed by atoms with Crippen LogP contribution in [-0.2, 0) is 20.2 Å². The molecule has 1 aliphatic heterocycles. The molecule has 0 unspecified atom stereocenters. The molecule has 6 nitrogen and oxygen atoms in total. The van der Waals surface area contributed by atoms with E-state index in [0.29, 0.717) is 26.1 Å². The highest BCUT2D eigenvalue weighted by Gasteiger charge is 2.46. The molecule has 156 valence electrons. The van der Waals surface area contributed by atoms with Crippen LogP contribution in [0.5, 0.6) is 0 Å². The molecule has 0 bridgehead atoms. The minimum atomic E-state index is -3.13. The van der Waals surface area contributed by atoms with Gasteiger partial charge in [-0.15, -0.1) is 0 Å². The molecule has 28 heavy (non-hydrogen) atoms. The lowest BCUT2D eigenvalue weighted by Gasteiger charge is -2.39. The van der Waals surface area contributed by atoms with E-state index in [2.05, 4.69) is 28.4 Å². The molecular formula is C21H33N3O3S. The van der Waals surface area contributed by atoms with Gasteiger partial charge in [0.25, 0.3) is 0 Å². The smallest absolute Gasteiger partial charge is 0.220 e. The maximum absolute atomic E-state index is 12.5. The fourth-order valence-corrected chi connectivity index (χ4v) is 5.88. The van der Waals surface area contributed by atoms with Crippen molar-refractivity contribution in [3.8, 4) is 0 Å². The van der Waals surface area contributed by atoms with Crippen molar-refractivity contribution < 1.29 is 13.2 Å². The maximum atomic E-state index is 12.5. The Kier molecular flexibility index (Phi) is 6.47. The van der Waals surface area contributed by atoms with Gasteiger partial charge in [0, 0.05) is 32.6 Å². The van der Waals surface area contributed by atoms with E-state index < -0.39 is 10.0 Å². The number of likely N-dealkylation sites (N-methyl/N-ethyl adjacent to an activating group) is 1. The van der Waals surface area contributed by atoms with Crippen molar-refractivity contribution in [1.82, 2.24) is 14.5 Å². The average molecular weight is 408 g/mol. The van der Waals surface area contributed by atoms with Gasteiger partial charge in [0.15, 0.2) is 0 Å². The zero-order valence-electron chi connectivity index (χ0n) is 17.3. The maximum Gasteiger partial charge on any atom is 0.220 e. The van der Waals surface area contributed by atoms with Gasteiger partial charge in [-0.05, 0) is 62.7 Å². The Morgan fingerprint density at radius 1 is 1.25 bits per heavy atom. The van der Waals surface area contributed by atoms with E-state index in [9.17, 15) is 13.2 Å². The number of carbonyl (C=O) groups is 1. The molecule has 2 aliphatic rings. The van der Waals surface area contributed by atoms with E-state index in [0.717, 1.165) is 25.8 Å². The summed E-state index contributed by atoms with van der Waals surface area (Å²) in [7, 11) is 0.859. The summed E-state index contributed by atoms with van der Waals surface area (Å²) in [4.78, 5) is 14.5. The Bertz CT molecular complexity index is 799. The Balaban J connectivity index is 1.70.